The molecule has 0 aliphatic carbocycles. The van der Waals surface area contributed by atoms with Crippen LogP contribution in [0.15, 0.2) is 42.5 Å². The Kier molecular flexibility index (Phi) is 6.19. The van der Waals surface area contributed by atoms with Gasteiger partial charge in [0.2, 0.25) is 11.8 Å². The molecule has 1 aliphatic heterocycles. The summed E-state index contributed by atoms with van der Waals surface area (Å²) in [6.45, 7) is 3.02. The molecule has 1 saturated heterocycles. The van der Waals surface area contributed by atoms with Crippen LogP contribution in [0.2, 0.25) is 0 Å². The maximum atomic E-state index is 12.5. The molecule has 148 valence electrons. The number of carbonyl (C=O) groups is 2. The average molecular weight is 382 g/mol. The first-order valence-corrected chi connectivity index (χ1v) is 9.36. The van der Waals surface area contributed by atoms with E-state index in [1.54, 1.807) is 19.1 Å². The lowest BCUT2D eigenvalue weighted by atomic mass is 10.1. The molecular weight excluding hydrogens is 356 g/mol. The monoisotopic (exact) mass is 382 g/mol. The van der Waals surface area contributed by atoms with Crippen LogP contribution < -0.4 is 14.8 Å². The largest absolute Gasteiger partial charge is 0.493 e. The smallest absolute Gasteiger partial charge is 0.229 e. The predicted molar refractivity (Wildman–Crippen MR) is 108 cm³/mol. The number of rotatable bonds is 7. The molecule has 28 heavy (non-hydrogen) atoms. The van der Waals surface area contributed by atoms with Gasteiger partial charge in [-0.15, -0.1) is 0 Å². The van der Waals surface area contributed by atoms with Gasteiger partial charge in [0, 0.05) is 25.2 Å². The Morgan fingerprint density at radius 2 is 1.82 bits per heavy atom. The molecule has 2 amide bonds. The molecule has 0 spiro atoms. The third-order valence-electron chi connectivity index (χ3n) is 5.02. The highest BCUT2D eigenvalue weighted by atomic mass is 16.5. The quantitative estimate of drug-likeness (QED) is 0.799. The Hall–Kier alpha value is -3.02. The van der Waals surface area contributed by atoms with Crippen molar-refractivity contribution in [1.82, 2.24) is 4.90 Å². The Morgan fingerprint density at radius 3 is 2.50 bits per heavy atom. The number of likely N-dealkylation sites (tertiary alicyclic amines) is 1. The number of hydrogen-bond acceptors (Lipinski definition) is 4. The van der Waals surface area contributed by atoms with Crippen LogP contribution in [-0.4, -0.2) is 44.0 Å². The van der Waals surface area contributed by atoms with Gasteiger partial charge in [-0.25, -0.2) is 0 Å². The van der Waals surface area contributed by atoms with E-state index >= 15 is 0 Å². The first kappa shape index (κ1) is 19.7. The van der Waals surface area contributed by atoms with E-state index in [9.17, 15) is 9.59 Å². The maximum absolute atomic E-state index is 12.5. The van der Waals surface area contributed by atoms with E-state index in [0.29, 0.717) is 31.0 Å². The van der Waals surface area contributed by atoms with Crippen LogP contribution >= 0.6 is 0 Å². The Morgan fingerprint density at radius 1 is 1.11 bits per heavy atom. The number of ether oxygens (including phenoxy) is 2. The SMILES string of the molecule is COc1ccc(CCN2C[C@@H](C(=O)Nc3ccc(C)cc3)CC2=O)cc1OC. The first-order valence-electron chi connectivity index (χ1n) is 9.36. The molecule has 0 radical (unpaired) electrons. The molecule has 1 atom stereocenters. The second-order valence-electron chi connectivity index (χ2n) is 7.04. The van der Waals surface area contributed by atoms with Crippen molar-refractivity contribution in [2.75, 3.05) is 32.6 Å². The van der Waals surface area contributed by atoms with E-state index < -0.39 is 0 Å². The lowest BCUT2D eigenvalue weighted by Crippen LogP contribution is -2.30. The molecule has 0 saturated carbocycles. The fourth-order valence-corrected chi connectivity index (χ4v) is 3.35. The summed E-state index contributed by atoms with van der Waals surface area (Å²) in [6, 6.07) is 13.4. The number of amides is 2. The van der Waals surface area contributed by atoms with E-state index in [-0.39, 0.29) is 24.2 Å². The predicted octanol–water partition coefficient (Wildman–Crippen LogP) is 3.04. The molecule has 6 nitrogen and oxygen atoms in total. The van der Waals surface area contributed by atoms with Gasteiger partial charge in [0.25, 0.3) is 0 Å². The number of nitrogens with one attached hydrogen (secondary N) is 1. The summed E-state index contributed by atoms with van der Waals surface area (Å²) >= 11 is 0. The van der Waals surface area contributed by atoms with Crippen molar-refractivity contribution in [2.24, 2.45) is 5.92 Å². The second-order valence-corrected chi connectivity index (χ2v) is 7.04. The summed E-state index contributed by atoms with van der Waals surface area (Å²) < 4.78 is 10.6. The zero-order valence-electron chi connectivity index (χ0n) is 16.5. The fourth-order valence-electron chi connectivity index (χ4n) is 3.35. The summed E-state index contributed by atoms with van der Waals surface area (Å²) in [5, 5.41) is 2.91. The van der Waals surface area contributed by atoms with Crippen molar-refractivity contribution in [3.05, 3.63) is 53.6 Å². The molecule has 1 fully saturated rings. The van der Waals surface area contributed by atoms with E-state index in [1.807, 2.05) is 49.4 Å². The van der Waals surface area contributed by atoms with Crippen LogP contribution in [0, 0.1) is 12.8 Å². The van der Waals surface area contributed by atoms with Crippen LogP contribution in [0.5, 0.6) is 11.5 Å². The molecule has 2 aromatic rings. The van der Waals surface area contributed by atoms with Gasteiger partial charge in [0.05, 0.1) is 20.1 Å². The molecule has 1 N–H and O–H groups in total. The van der Waals surface area contributed by atoms with Crippen molar-refractivity contribution in [3.63, 3.8) is 0 Å². The minimum atomic E-state index is -0.320. The molecule has 0 bridgehead atoms. The zero-order valence-corrected chi connectivity index (χ0v) is 16.5. The van der Waals surface area contributed by atoms with Gasteiger partial charge in [0.1, 0.15) is 0 Å². The molecular formula is C22H26N2O4. The van der Waals surface area contributed by atoms with Crippen LogP contribution in [0.3, 0.4) is 0 Å². The number of anilines is 1. The summed E-state index contributed by atoms with van der Waals surface area (Å²) in [5.74, 6) is 0.939. The molecule has 6 heteroatoms. The van der Waals surface area contributed by atoms with Crippen molar-refractivity contribution >= 4 is 17.5 Å². The highest BCUT2D eigenvalue weighted by molar-refractivity contribution is 5.97. The summed E-state index contributed by atoms with van der Waals surface area (Å²) in [5.41, 5.74) is 2.94. The zero-order chi connectivity index (χ0) is 20.1. The van der Waals surface area contributed by atoms with Gasteiger partial charge in [-0.3, -0.25) is 9.59 Å². The van der Waals surface area contributed by atoms with Crippen molar-refractivity contribution in [2.45, 2.75) is 19.8 Å². The fraction of sp³-hybridized carbons (Fsp3) is 0.364. The van der Waals surface area contributed by atoms with Crippen LogP contribution in [-0.2, 0) is 16.0 Å². The highest BCUT2D eigenvalue weighted by Gasteiger charge is 2.34. The van der Waals surface area contributed by atoms with Gasteiger partial charge in [-0.2, -0.15) is 0 Å². The van der Waals surface area contributed by atoms with Crippen LogP contribution in [0.25, 0.3) is 0 Å². The van der Waals surface area contributed by atoms with Gasteiger partial charge in [-0.05, 0) is 43.2 Å². The van der Waals surface area contributed by atoms with Crippen molar-refractivity contribution in [1.29, 1.82) is 0 Å². The topological polar surface area (TPSA) is 67.9 Å². The molecule has 2 aromatic carbocycles. The molecule has 1 heterocycles. The third-order valence-corrected chi connectivity index (χ3v) is 5.02. The van der Waals surface area contributed by atoms with E-state index in [4.69, 9.17) is 9.47 Å². The van der Waals surface area contributed by atoms with E-state index in [2.05, 4.69) is 5.32 Å². The number of methoxy groups -OCH3 is 2. The molecule has 0 aromatic heterocycles. The normalized spacial score (nSPS) is 16.2. The Labute approximate surface area is 165 Å². The number of hydrogen-bond donors (Lipinski definition) is 1. The van der Waals surface area contributed by atoms with Gasteiger partial charge in [0.15, 0.2) is 11.5 Å². The van der Waals surface area contributed by atoms with Crippen LogP contribution in [0.1, 0.15) is 17.5 Å². The molecule has 0 unspecified atom stereocenters. The lowest BCUT2D eigenvalue weighted by molar-refractivity contribution is -0.128. The van der Waals surface area contributed by atoms with E-state index in [0.717, 1.165) is 16.8 Å². The Balaban J connectivity index is 1.55. The standard InChI is InChI=1S/C22H26N2O4/c1-15-4-7-18(8-5-15)23-22(26)17-13-21(25)24(14-17)11-10-16-6-9-19(27-2)20(12-16)28-3/h4-9,12,17H,10-11,13-14H2,1-3H3,(H,23,26)/t17-/m0/s1. The van der Waals surface area contributed by atoms with Gasteiger partial charge >= 0.3 is 0 Å². The molecule has 1 aliphatic rings. The lowest BCUT2D eigenvalue weighted by Gasteiger charge is -2.17. The average Bonchev–Trinajstić information content (AvgIpc) is 3.08. The van der Waals surface area contributed by atoms with E-state index in [1.165, 1.54) is 0 Å². The van der Waals surface area contributed by atoms with Crippen molar-refractivity contribution < 1.29 is 19.1 Å². The second kappa shape index (κ2) is 8.78. The number of aryl methyl sites for hydroxylation is 1. The number of carbonyl (C=O) groups excluding carboxylic acids is 2. The summed E-state index contributed by atoms with van der Waals surface area (Å²) in [7, 11) is 3.20. The van der Waals surface area contributed by atoms with Gasteiger partial charge < -0.3 is 19.7 Å². The van der Waals surface area contributed by atoms with Crippen LogP contribution in [0.4, 0.5) is 5.69 Å². The highest BCUT2D eigenvalue weighted by Crippen LogP contribution is 2.28. The summed E-state index contributed by atoms with van der Waals surface area (Å²) in [4.78, 5) is 26.6. The van der Waals surface area contributed by atoms with Crippen molar-refractivity contribution in [3.8, 4) is 11.5 Å². The molecule has 3 rings (SSSR count). The summed E-state index contributed by atoms with van der Waals surface area (Å²) in [6.07, 6.45) is 0.946. The first-order chi connectivity index (χ1) is 13.5. The number of benzene rings is 2. The minimum Gasteiger partial charge on any atom is -0.493 e. The minimum absolute atomic E-state index is 0.0181. The maximum Gasteiger partial charge on any atom is 0.229 e. The third kappa shape index (κ3) is 4.63. The Bertz CT molecular complexity index is 848. The van der Waals surface area contributed by atoms with Gasteiger partial charge in [-0.1, -0.05) is 23.8 Å². The number of nitrogens with zero attached hydrogens (tertiary/aromatic N) is 1.